The predicted molar refractivity (Wildman–Crippen MR) is 134 cm³/mol. The number of aryl methyl sites for hydroxylation is 2. The molecule has 0 radical (unpaired) electrons. The smallest absolute Gasteiger partial charge is 0.150 e. The van der Waals surface area contributed by atoms with Crippen molar-refractivity contribution in [2.45, 2.75) is 13.8 Å². The molecule has 5 aromatic rings. The van der Waals surface area contributed by atoms with E-state index >= 15 is 0 Å². The first-order valence-corrected chi connectivity index (χ1v) is 10.7. The molecule has 0 saturated carbocycles. The Hall–Kier alpha value is -4.38. The summed E-state index contributed by atoms with van der Waals surface area (Å²) < 4.78 is 0. The number of nitrogens with zero attached hydrogens (tertiary/aromatic N) is 4. The topological polar surface area (TPSA) is 69.7 Å². The molecule has 5 aromatic carbocycles. The number of phenols is 1. The van der Waals surface area contributed by atoms with Gasteiger partial charge in [-0.25, -0.2) is 0 Å². The van der Waals surface area contributed by atoms with Gasteiger partial charge in [-0.2, -0.15) is 5.11 Å². The Morgan fingerprint density at radius 2 is 1.21 bits per heavy atom. The number of phenolic OH excluding ortho intramolecular Hbond substituents is 1. The molecule has 0 amide bonds. The van der Waals surface area contributed by atoms with Crippen LogP contribution in [0.3, 0.4) is 0 Å². The summed E-state index contributed by atoms with van der Waals surface area (Å²) in [7, 11) is 0. The third-order valence-electron chi connectivity index (χ3n) is 5.55. The van der Waals surface area contributed by atoms with E-state index in [0.717, 1.165) is 44.0 Å². The molecule has 0 saturated heterocycles. The van der Waals surface area contributed by atoms with Crippen molar-refractivity contribution in [2.75, 3.05) is 0 Å². The van der Waals surface area contributed by atoms with Crippen LogP contribution < -0.4 is 0 Å². The van der Waals surface area contributed by atoms with Crippen molar-refractivity contribution in [3.63, 3.8) is 0 Å². The molecule has 0 bridgehead atoms. The van der Waals surface area contributed by atoms with Crippen LogP contribution in [0.4, 0.5) is 22.7 Å². The van der Waals surface area contributed by atoms with E-state index in [1.165, 1.54) is 0 Å². The lowest BCUT2D eigenvalue weighted by Gasteiger charge is -2.07. The van der Waals surface area contributed by atoms with Crippen LogP contribution in [0.25, 0.3) is 21.5 Å². The van der Waals surface area contributed by atoms with Gasteiger partial charge in [0, 0.05) is 16.2 Å². The van der Waals surface area contributed by atoms with E-state index in [4.69, 9.17) is 0 Å². The monoisotopic (exact) mass is 430 g/mol. The highest BCUT2D eigenvalue weighted by molar-refractivity contribution is 6.00. The van der Waals surface area contributed by atoms with Crippen molar-refractivity contribution < 1.29 is 5.11 Å². The molecule has 0 heterocycles. The number of azo groups is 2. The molecule has 1 N–H and O–H groups in total. The van der Waals surface area contributed by atoms with Gasteiger partial charge in [-0.15, -0.1) is 15.3 Å². The van der Waals surface area contributed by atoms with Gasteiger partial charge >= 0.3 is 0 Å². The third kappa shape index (κ3) is 4.21. The summed E-state index contributed by atoms with van der Waals surface area (Å²) in [5.41, 5.74) is 4.97. The number of fused-ring (bicyclic) bond motifs is 2. The van der Waals surface area contributed by atoms with Gasteiger partial charge in [0.1, 0.15) is 5.69 Å². The Morgan fingerprint density at radius 1 is 0.515 bits per heavy atom. The first-order chi connectivity index (χ1) is 16.1. The fourth-order valence-electron chi connectivity index (χ4n) is 3.84. The Balaban J connectivity index is 1.55. The number of benzene rings is 5. The molecule has 0 unspecified atom stereocenters. The molecule has 0 aromatic heterocycles. The normalized spacial score (nSPS) is 11.8. The van der Waals surface area contributed by atoms with Crippen LogP contribution >= 0.6 is 0 Å². The summed E-state index contributed by atoms with van der Waals surface area (Å²) in [6, 6.07) is 29.2. The summed E-state index contributed by atoms with van der Waals surface area (Å²) in [5.74, 6) is 0.126. The molecule has 5 heteroatoms. The zero-order valence-electron chi connectivity index (χ0n) is 18.4. The van der Waals surface area contributed by atoms with E-state index in [1.807, 2.05) is 92.7 Å². The largest absolute Gasteiger partial charge is 0.505 e. The molecule has 5 nitrogen and oxygen atoms in total. The number of rotatable bonds is 4. The quantitative estimate of drug-likeness (QED) is 0.284. The van der Waals surface area contributed by atoms with E-state index in [9.17, 15) is 5.11 Å². The minimum Gasteiger partial charge on any atom is -0.505 e. The lowest BCUT2D eigenvalue weighted by Crippen LogP contribution is -1.79. The SMILES string of the molecule is Cc1cccc(N=Nc2ccc(N=Nc3ccc4ccccc4c3O)c3ccc(C)cc23)c1. The fourth-order valence-corrected chi connectivity index (χ4v) is 3.84. The molecule has 0 aliphatic heterocycles. The molecule has 0 atom stereocenters. The van der Waals surface area contributed by atoms with Crippen molar-refractivity contribution in [3.8, 4) is 5.75 Å². The van der Waals surface area contributed by atoms with Gasteiger partial charge in [-0.05, 0) is 61.2 Å². The zero-order valence-corrected chi connectivity index (χ0v) is 18.4. The van der Waals surface area contributed by atoms with Gasteiger partial charge in [-0.1, -0.05) is 60.2 Å². The number of aromatic hydroxyl groups is 1. The summed E-state index contributed by atoms with van der Waals surface area (Å²) >= 11 is 0. The minimum atomic E-state index is 0.126. The van der Waals surface area contributed by atoms with E-state index in [1.54, 1.807) is 6.07 Å². The molecule has 0 spiro atoms. The molecule has 160 valence electrons. The van der Waals surface area contributed by atoms with Crippen LogP contribution in [-0.4, -0.2) is 5.11 Å². The zero-order chi connectivity index (χ0) is 22.8. The van der Waals surface area contributed by atoms with Crippen molar-refractivity contribution in [1.82, 2.24) is 0 Å². The summed E-state index contributed by atoms with van der Waals surface area (Å²) in [5, 5.41) is 32.0. The Kier molecular flexibility index (Phi) is 5.37. The summed E-state index contributed by atoms with van der Waals surface area (Å²) in [4.78, 5) is 0. The highest BCUT2D eigenvalue weighted by Gasteiger charge is 2.08. The molecular formula is C28H22N4O. The first-order valence-electron chi connectivity index (χ1n) is 10.7. The molecule has 0 aliphatic rings. The maximum absolute atomic E-state index is 10.6. The standard InChI is InChI=1S/C28H22N4O/c1-18-6-5-8-21(16-18)29-30-26-15-14-25(23-12-10-19(2)17-24(23)26)31-32-27-13-11-20-7-3-4-9-22(20)28(27)33/h3-17,33H,1-2H3. The van der Waals surface area contributed by atoms with Crippen molar-refractivity contribution >= 4 is 44.3 Å². The molecule has 0 aliphatic carbocycles. The highest BCUT2D eigenvalue weighted by atomic mass is 16.3. The lowest BCUT2D eigenvalue weighted by atomic mass is 10.0. The van der Waals surface area contributed by atoms with Crippen molar-refractivity contribution in [2.24, 2.45) is 20.5 Å². The van der Waals surface area contributed by atoms with E-state index < -0.39 is 0 Å². The van der Waals surface area contributed by atoms with Gasteiger partial charge in [-0.3, -0.25) is 0 Å². The van der Waals surface area contributed by atoms with Gasteiger partial charge in [0.05, 0.1) is 17.1 Å². The predicted octanol–water partition coefficient (Wildman–Crippen LogP) is 9.15. The summed E-state index contributed by atoms with van der Waals surface area (Å²) in [6.45, 7) is 4.08. The molecular weight excluding hydrogens is 408 g/mol. The van der Waals surface area contributed by atoms with Crippen LogP contribution in [0.15, 0.2) is 111 Å². The second-order valence-electron chi connectivity index (χ2n) is 8.05. The maximum atomic E-state index is 10.6. The third-order valence-corrected chi connectivity index (χ3v) is 5.55. The van der Waals surface area contributed by atoms with Crippen LogP contribution in [-0.2, 0) is 0 Å². The molecule has 33 heavy (non-hydrogen) atoms. The average Bonchev–Trinajstić information content (AvgIpc) is 2.83. The van der Waals surface area contributed by atoms with Crippen LogP contribution in [0.1, 0.15) is 11.1 Å². The number of hydrogen-bond donors (Lipinski definition) is 1. The first kappa shape index (κ1) is 20.5. The van der Waals surface area contributed by atoms with Gasteiger partial charge in [0.25, 0.3) is 0 Å². The van der Waals surface area contributed by atoms with Crippen LogP contribution in [0.5, 0.6) is 5.75 Å². The Morgan fingerprint density at radius 3 is 2.06 bits per heavy atom. The van der Waals surface area contributed by atoms with Crippen molar-refractivity contribution in [3.05, 3.63) is 102 Å². The van der Waals surface area contributed by atoms with Gasteiger partial charge in [0.15, 0.2) is 5.75 Å². The molecule has 0 fully saturated rings. The highest BCUT2D eigenvalue weighted by Crippen LogP contribution is 2.38. The summed E-state index contributed by atoms with van der Waals surface area (Å²) in [6.07, 6.45) is 0. The van der Waals surface area contributed by atoms with Gasteiger partial charge < -0.3 is 5.11 Å². The van der Waals surface area contributed by atoms with Crippen LogP contribution in [0.2, 0.25) is 0 Å². The maximum Gasteiger partial charge on any atom is 0.150 e. The average molecular weight is 431 g/mol. The second-order valence-corrected chi connectivity index (χ2v) is 8.05. The van der Waals surface area contributed by atoms with Crippen LogP contribution in [0, 0.1) is 13.8 Å². The Labute approximate surface area is 191 Å². The number of hydrogen-bond acceptors (Lipinski definition) is 5. The minimum absolute atomic E-state index is 0.126. The van der Waals surface area contributed by atoms with Gasteiger partial charge in [0.2, 0.25) is 0 Å². The second kappa shape index (κ2) is 8.63. The molecule has 5 rings (SSSR count). The van der Waals surface area contributed by atoms with Crippen molar-refractivity contribution in [1.29, 1.82) is 0 Å². The lowest BCUT2D eigenvalue weighted by molar-refractivity contribution is 0.482. The fraction of sp³-hybridized carbons (Fsp3) is 0.0714. The Bertz CT molecular complexity index is 1550. The van der Waals surface area contributed by atoms with E-state index in [-0.39, 0.29) is 5.75 Å². The van der Waals surface area contributed by atoms with E-state index in [0.29, 0.717) is 11.4 Å². The van der Waals surface area contributed by atoms with E-state index in [2.05, 4.69) is 26.5 Å².